The molecule has 7 nitrogen and oxygen atoms in total. The van der Waals surface area contributed by atoms with Gasteiger partial charge < -0.3 is 4.74 Å². The molecule has 1 aromatic rings. The molecule has 136 valence electrons. The van der Waals surface area contributed by atoms with Crippen LogP contribution in [0.5, 0.6) is 0 Å². The molecule has 1 aromatic heterocycles. The molecular formula is C15H16F3N3O4. The van der Waals surface area contributed by atoms with Gasteiger partial charge in [0.25, 0.3) is 5.91 Å². The smallest absolute Gasteiger partial charge is 0.389 e. The largest absolute Gasteiger partial charge is 0.465 e. The predicted molar refractivity (Wildman–Crippen MR) is 78.2 cm³/mol. The highest BCUT2D eigenvalue weighted by Crippen LogP contribution is 2.23. The van der Waals surface area contributed by atoms with Gasteiger partial charge in [-0.3, -0.25) is 19.6 Å². The van der Waals surface area contributed by atoms with Crippen LogP contribution in [0, 0.1) is 0 Å². The number of nitrogens with zero attached hydrogens (tertiary/aromatic N) is 3. The lowest BCUT2D eigenvalue weighted by Gasteiger charge is -2.27. The third-order valence-corrected chi connectivity index (χ3v) is 3.58. The summed E-state index contributed by atoms with van der Waals surface area (Å²) in [6.45, 7) is 0.375. The van der Waals surface area contributed by atoms with Crippen molar-refractivity contribution in [3.8, 4) is 0 Å². The van der Waals surface area contributed by atoms with Gasteiger partial charge in [-0.2, -0.15) is 13.2 Å². The summed E-state index contributed by atoms with van der Waals surface area (Å²) in [6, 6.07) is 2.64. The van der Waals surface area contributed by atoms with Crippen molar-refractivity contribution in [2.75, 3.05) is 20.2 Å². The van der Waals surface area contributed by atoms with Crippen LogP contribution in [-0.4, -0.2) is 59.2 Å². The van der Waals surface area contributed by atoms with Crippen LogP contribution in [-0.2, 0) is 9.53 Å². The Hall–Kier alpha value is -2.65. The first-order valence-electron chi connectivity index (χ1n) is 7.46. The number of hydrogen-bond acceptors (Lipinski definition) is 5. The Morgan fingerprint density at radius 2 is 1.88 bits per heavy atom. The standard InChI is InChI=1S/C15H16F3N3O4/c1-25-14(24)10-3-4-11(19-9-10)13(23)21-8-2-7-20(21)12(22)5-6-15(16,17)18/h3-4,9H,2,5-8H2,1H3. The summed E-state index contributed by atoms with van der Waals surface area (Å²) in [4.78, 5) is 39.6. The van der Waals surface area contributed by atoms with Crippen LogP contribution in [0.25, 0.3) is 0 Å². The molecule has 0 N–H and O–H groups in total. The van der Waals surface area contributed by atoms with E-state index in [-0.39, 0.29) is 24.3 Å². The molecule has 2 heterocycles. The fourth-order valence-electron chi connectivity index (χ4n) is 2.35. The van der Waals surface area contributed by atoms with Crippen LogP contribution < -0.4 is 0 Å². The molecule has 1 saturated heterocycles. The topological polar surface area (TPSA) is 79.8 Å². The Morgan fingerprint density at radius 1 is 1.20 bits per heavy atom. The number of amides is 2. The van der Waals surface area contributed by atoms with Crippen LogP contribution >= 0.6 is 0 Å². The van der Waals surface area contributed by atoms with Crippen molar-refractivity contribution < 1.29 is 32.3 Å². The number of carbonyl (C=O) groups excluding carboxylic acids is 3. The van der Waals surface area contributed by atoms with Gasteiger partial charge in [0, 0.05) is 25.7 Å². The van der Waals surface area contributed by atoms with E-state index in [1.165, 1.54) is 19.2 Å². The summed E-state index contributed by atoms with van der Waals surface area (Å²) in [5.41, 5.74) is 0.127. The number of esters is 1. The Labute approximate surface area is 141 Å². The Kier molecular flexibility index (Phi) is 5.60. The summed E-state index contributed by atoms with van der Waals surface area (Å²) in [5.74, 6) is -2.00. The number of halogens is 3. The van der Waals surface area contributed by atoms with Crippen molar-refractivity contribution in [2.45, 2.75) is 25.4 Å². The minimum atomic E-state index is -4.44. The van der Waals surface area contributed by atoms with Crippen LogP contribution in [0.2, 0.25) is 0 Å². The number of hydrazine groups is 1. The normalized spacial score (nSPS) is 14.6. The number of carbonyl (C=O) groups is 3. The molecule has 2 amide bonds. The maximum atomic E-state index is 12.4. The number of methoxy groups -OCH3 is 1. The molecular weight excluding hydrogens is 343 g/mol. The van der Waals surface area contributed by atoms with E-state index in [1.54, 1.807) is 0 Å². The Balaban J connectivity index is 2.07. The van der Waals surface area contributed by atoms with Crippen LogP contribution in [0.4, 0.5) is 13.2 Å². The van der Waals surface area contributed by atoms with E-state index < -0.39 is 36.8 Å². The van der Waals surface area contributed by atoms with Crippen molar-refractivity contribution in [1.29, 1.82) is 0 Å². The first-order valence-corrected chi connectivity index (χ1v) is 7.46. The Bertz CT molecular complexity index is 661. The van der Waals surface area contributed by atoms with Gasteiger partial charge >= 0.3 is 12.1 Å². The van der Waals surface area contributed by atoms with Crippen LogP contribution in [0.15, 0.2) is 18.3 Å². The highest BCUT2D eigenvalue weighted by molar-refractivity contribution is 5.95. The molecule has 0 aliphatic carbocycles. The van der Waals surface area contributed by atoms with Crippen molar-refractivity contribution >= 4 is 17.8 Å². The number of rotatable bonds is 4. The lowest BCUT2D eigenvalue weighted by Crippen LogP contribution is -2.45. The van der Waals surface area contributed by atoms with Gasteiger partial charge in [0.15, 0.2) is 0 Å². The van der Waals surface area contributed by atoms with Gasteiger partial charge in [-0.15, -0.1) is 0 Å². The molecule has 2 rings (SSSR count). The molecule has 1 aliphatic heterocycles. The highest BCUT2D eigenvalue weighted by atomic mass is 19.4. The van der Waals surface area contributed by atoms with E-state index >= 15 is 0 Å². The second kappa shape index (κ2) is 7.49. The van der Waals surface area contributed by atoms with Gasteiger partial charge in [0.05, 0.1) is 19.1 Å². The number of pyridine rings is 1. The van der Waals surface area contributed by atoms with Gasteiger partial charge in [-0.1, -0.05) is 0 Å². The van der Waals surface area contributed by atoms with Crippen molar-refractivity contribution in [3.63, 3.8) is 0 Å². The Morgan fingerprint density at radius 3 is 2.44 bits per heavy atom. The molecule has 25 heavy (non-hydrogen) atoms. The number of ether oxygens (including phenoxy) is 1. The lowest BCUT2D eigenvalue weighted by molar-refractivity contribution is -0.154. The van der Waals surface area contributed by atoms with Crippen LogP contribution in [0.3, 0.4) is 0 Å². The third-order valence-electron chi connectivity index (χ3n) is 3.58. The summed E-state index contributed by atoms with van der Waals surface area (Å²) < 4.78 is 41.3. The van der Waals surface area contributed by atoms with Gasteiger partial charge in [0.2, 0.25) is 5.91 Å². The molecule has 0 unspecified atom stereocenters. The molecule has 0 aromatic carbocycles. The van der Waals surface area contributed by atoms with E-state index in [0.29, 0.717) is 6.42 Å². The molecule has 0 spiro atoms. The molecule has 0 atom stereocenters. The monoisotopic (exact) mass is 359 g/mol. The number of aromatic nitrogens is 1. The van der Waals surface area contributed by atoms with E-state index in [4.69, 9.17) is 0 Å². The summed E-state index contributed by atoms with van der Waals surface area (Å²) in [7, 11) is 1.20. The lowest BCUT2D eigenvalue weighted by atomic mass is 10.2. The third kappa shape index (κ3) is 4.68. The summed E-state index contributed by atoms with van der Waals surface area (Å²) >= 11 is 0. The van der Waals surface area contributed by atoms with Crippen molar-refractivity contribution in [2.24, 2.45) is 0 Å². The average Bonchev–Trinajstić information content (AvgIpc) is 3.07. The predicted octanol–water partition coefficient (Wildman–Crippen LogP) is 1.80. The average molecular weight is 359 g/mol. The molecule has 0 bridgehead atoms. The SMILES string of the molecule is COC(=O)c1ccc(C(=O)N2CCCN2C(=O)CCC(F)(F)F)nc1. The second-order valence-electron chi connectivity index (χ2n) is 5.34. The zero-order valence-electron chi connectivity index (χ0n) is 13.4. The van der Waals surface area contributed by atoms with Gasteiger partial charge in [0.1, 0.15) is 5.69 Å². The van der Waals surface area contributed by atoms with Crippen LogP contribution in [0.1, 0.15) is 40.1 Å². The summed E-state index contributed by atoms with van der Waals surface area (Å²) in [6.07, 6.45) is -4.78. The fraction of sp³-hybridized carbons (Fsp3) is 0.467. The quantitative estimate of drug-likeness (QED) is 0.766. The number of hydrogen-bond donors (Lipinski definition) is 0. The minimum Gasteiger partial charge on any atom is -0.465 e. The summed E-state index contributed by atoms with van der Waals surface area (Å²) in [5, 5.41) is 2.10. The number of alkyl halides is 3. The molecule has 10 heteroatoms. The maximum Gasteiger partial charge on any atom is 0.389 e. The maximum absolute atomic E-state index is 12.4. The fourth-order valence-corrected chi connectivity index (χ4v) is 2.35. The minimum absolute atomic E-state index is 0.0248. The second-order valence-corrected chi connectivity index (χ2v) is 5.34. The van der Waals surface area contributed by atoms with E-state index in [9.17, 15) is 27.6 Å². The zero-order chi connectivity index (χ0) is 18.6. The van der Waals surface area contributed by atoms with Crippen molar-refractivity contribution in [3.05, 3.63) is 29.6 Å². The first-order chi connectivity index (χ1) is 11.7. The van der Waals surface area contributed by atoms with E-state index in [2.05, 4.69) is 9.72 Å². The van der Waals surface area contributed by atoms with Gasteiger partial charge in [-0.25, -0.2) is 9.80 Å². The molecule has 0 saturated carbocycles. The van der Waals surface area contributed by atoms with Crippen molar-refractivity contribution in [1.82, 2.24) is 15.0 Å². The van der Waals surface area contributed by atoms with Gasteiger partial charge in [-0.05, 0) is 18.6 Å². The molecule has 1 fully saturated rings. The first kappa shape index (κ1) is 18.7. The zero-order valence-corrected chi connectivity index (χ0v) is 13.4. The molecule has 1 aliphatic rings. The van der Waals surface area contributed by atoms with E-state index in [0.717, 1.165) is 16.2 Å². The highest BCUT2D eigenvalue weighted by Gasteiger charge is 2.34. The molecule has 0 radical (unpaired) electrons. The van der Waals surface area contributed by atoms with E-state index in [1.807, 2.05) is 0 Å².